The van der Waals surface area contributed by atoms with Crippen LogP contribution in [0.25, 0.3) is 0 Å². The maximum absolute atomic E-state index is 10.2. The Balaban J connectivity index is 2.69. The van der Waals surface area contributed by atoms with E-state index in [1.807, 2.05) is 0 Å². The summed E-state index contributed by atoms with van der Waals surface area (Å²) in [6.45, 7) is -0.674. The van der Waals surface area contributed by atoms with Crippen LogP contribution in [0.1, 0.15) is 5.56 Å². The maximum atomic E-state index is 10.2. The molecule has 1 aromatic heterocycles. The maximum Gasteiger partial charge on any atom is 0.341 e. The van der Waals surface area contributed by atoms with Crippen molar-refractivity contribution in [2.24, 2.45) is 0 Å². The van der Waals surface area contributed by atoms with Gasteiger partial charge in [0.05, 0.1) is 6.61 Å². The van der Waals surface area contributed by atoms with Crippen LogP contribution < -0.4 is 4.74 Å². The molecule has 2 N–H and O–H groups in total. The van der Waals surface area contributed by atoms with Gasteiger partial charge >= 0.3 is 5.97 Å². The van der Waals surface area contributed by atoms with Gasteiger partial charge in [0.25, 0.3) is 0 Å². The molecule has 1 rings (SSSR count). The van der Waals surface area contributed by atoms with Gasteiger partial charge in [0, 0.05) is 11.8 Å². The average Bonchev–Trinajstić information content (AvgIpc) is 2.15. The lowest BCUT2D eigenvalue weighted by atomic mass is 10.3. The van der Waals surface area contributed by atoms with E-state index in [0.717, 1.165) is 0 Å². The first-order valence-electron chi connectivity index (χ1n) is 3.63. The fourth-order valence-corrected chi connectivity index (χ4v) is 0.805. The summed E-state index contributed by atoms with van der Waals surface area (Å²) in [6.07, 6.45) is 1.47. The number of pyridine rings is 1. The van der Waals surface area contributed by atoms with Gasteiger partial charge in [-0.25, -0.2) is 9.78 Å². The molecule has 1 heterocycles. The molecule has 0 saturated carbocycles. The first-order chi connectivity index (χ1) is 6.24. The highest BCUT2D eigenvalue weighted by molar-refractivity contribution is 5.68. The Morgan fingerprint density at radius 1 is 1.62 bits per heavy atom. The Bertz CT molecular complexity index is 300. The summed E-state index contributed by atoms with van der Waals surface area (Å²) in [7, 11) is 0. The number of aliphatic hydroxyl groups is 1. The highest BCUT2D eigenvalue weighted by Gasteiger charge is 2.04. The summed E-state index contributed by atoms with van der Waals surface area (Å²) in [6, 6.07) is 3.25. The molecule has 0 aromatic carbocycles. The van der Waals surface area contributed by atoms with Gasteiger partial charge in [-0.3, -0.25) is 0 Å². The van der Waals surface area contributed by atoms with Crippen molar-refractivity contribution < 1.29 is 19.7 Å². The first-order valence-corrected chi connectivity index (χ1v) is 3.63. The molecule has 0 unspecified atom stereocenters. The smallest absolute Gasteiger partial charge is 0.341 e. The molecule has 5 heteroatoms. The predicted molar refractivity (Wildman–Crippen MR) is 43.3 cm³/mol. The van der Waals surface area contributed by atoms with Crippen molar-refractivity contribution in [1.29, 1.82) is 0 Å². The van der Waals surface area contributed by atoms with Crippen LogP contribution in [0.5, 0.6) is 5.88 Å². The zero-order chi connectivity index (χ0) is 9.68. The summed E-state index contributed by atoms with van der Waals surface area (Å²) in [4.78, 5) is 13.9. The fraction of sp³-hybridized carbons (Fsp3) is 0.250. The van der Waals surface area contributed by atoms with E-state index in [2.05, 4.69) is 4.98 Å². The zero-order valence-electron chi connectivity index (χ0n) is 6.80. The number of carbonyl (C=O) groups is 1. The first kappa shape index (κ1) is 9.47. The van der Waals surface area contributed by atoms with E-state index in [1.54, 1.807) is 12.1 Å². The molecule has 0 aliphatic rings. The summed E-state index contributed by atoms with van der Waals surface area (Å²) in [5.41, 5.74) is 0.476. The molecule has 70 valence electrons. The molecule has 5 nitrogen and oxygen atoms in total. The van der Waals surface area contributed by atoms with E-state index in [1.165, 1.54) is 6.20 Å². The third-order valence-corrected chi connectivity index (χ3v) is 1.35. The number of aliphatic carboxylic acids is 1. The summed E-state index contributed by atoms with van der Waals surface area (Å²) in [5, 5.41) is 17.1. The number of aliphatic hydroxyl groups excluding tert-OH is 1. The lowest BCUT2D eigenvalue weighted by Crippen LogP contribution is -2.11. The van der Waals surface area contributed by atoms with Crippen LogP contribution in [0.15, 0.2) is 18.3 Å². The largest absolute Gasteiger partial charge is 0.479 e. The minimum atomic E-state index is -1.07. The zero-order valence-corrected chi connectivity index (χ0v) is 6.80. The fourth-order valence-electron chi connectivity index (χ4n) is 0.805. The van der Waals surface area contributed by atoms with Gasteiger partial charge in [-0.2, -0.15) is 0 Å². The molecule has 13 heavy (non-hydrogen) atoms. The topological polar surface area (TPSA) is 79.7 Å². The number of hydrogen-bond acceptors (Lipinski definition) is 4. The molecule has 0 radical (unpaired) electrons. The molecule has 0 fully saturated rings. The Labute approximate surface area is 74.6 Å². The van der Waals surface area contributed by atoms with Gasteiger partial charge in [0.15, 0.2) is 6.61 Å². The molecule has 0 aliphatic heterocycles. The lowest BCUT2D eigenvalue weighted by molar-refractivity contribution is -0.139. The van der Waals surface area contributed by atoms with Crippen molar-refractivity contribution in [1.82, 2.24) is 4.98 Å². The van der Waals surface area contributed by atoms with Gasteiger partial charge in [-0.05, 0) is 12.1 Å². The highest BCUT2D eigenvalue weighted by atomic mass is 16.5. The third-order valence-electron chi connectivity index (χ3n) is 1.35. The second-order valence-electron chi connectivity index (χ2n) is 2.31. The van der Waals surface area contributed by atoms with Gasteiger partial charge in [-0.1, -0.05) is 0 Å². The van der Waals surface area contributed by atoms with Crippen LogP contribution >= 0.6 is 0 Å². The Kier molecular flexibility index (Phi) is 3.22. The number of hydrogen-bond donors (Lipinski definition) is 2. The molecular weight excluding hydrogens is 174 g/mol. The van der Waals surface area contributed by atoms with Crippen molar-refractivity contribution in [3.63, 3.8) is 0 Å². The van der Waals surface area contributed by atoms with Crippen LogP contribution in [-0.4, -0.2) is 27.8 Å². The van der Waals surface area contributed by atoms with Crippen molar-refractivity contribution in [2.45, 2.75) is 6.61 Å². The Hall–Kier alpha value is -1.62. The normalized spacial score (nSPS) is 9.62. The Morgan fingerprint density at radius 2 is 2.38 bits per heavy atom. The van der Waals surface area contributed by atoms with Crippen LogP contribution in [0, 0.1) is 0 Å². The SMILES string of the molecule is O=C(O)COc1ncccc1CO. The van der Waals surface area contributed by atoms with E-state index < -0.39 is 12.6 Å². The van der Waals surface area contributed by atoms with Gasteiger partial charge < -0.3 is 14.9 Å². The second-order valence-corrected chi connectivity index (χ2v) is 2.31. The van der Waals surface area contributed by atoms with Crippen molar-refractivity contribution in [2.75, 3.05) is 6.61 Å². The molecule has 0 saturated heterocycles. The third kappa shape index (κ3) is 2.72. The summed E-state index contributed by atoms with van der Waals surface area (Å²) >= 11 is 0. The molecule has 0 amide bonds. The average molecular weight is 183 g/mol. The molecule has 0 bridgehead atoms. The monoisotopic (exact) mass is 183 g/mol. The van der Waals surface area contributed by atoms with Gasteiger partial charge in [0.2, 0.25) is 5.88 Å². The lowest BCUT2D eigenvalue weighted by Gasteiger charge is -2.05. The van der Waals surface area contributed by atoms with E-state index in [9.17, 15) is 4.79 Å². The molecule has 0 atom stereocenters. The number of carboxylic acids is 1. The number of nitrogens with zero attached hydrogens (tertiary/aromatic N) is 1. The molecule has 0 spiro atoms. The van der Waals surface area contributed by atoms with E-state index in [4.69, 9.17) is 14.9 Å². The summed E-state index contributed by atoms with van der Waals surface area (Å²) < 4.78 is 4.82. The molecular formula is C8H9NO4. The quantitative estimate of drug-likeness (QED) is 0.688. The van der Waals surface area contributed by atoms with Gasteiger partial charge in [-0.15, -0.1) is 0 Å². The minimum absolute atomic E-state index is 0.160. The predicted octanol–water partition coefficient (Wildman–Crippen LogP) is 0.0373. The number of rotatable bonds is 4. The number of carboxylic acid groups (broad SMARTS) is 1. The minimum Gasteiger partial charge on any atom is -0.479 e. The van der Waals surface area contributed by atoms with E-state index in [-0.39, 0.29) is 12.5 Å². The van der Waals surface area contributed by atoms with Crippen molar-refractivity contribution >= 4 is 5.97 Å². The molecule has 1 aromatic rings. The van der Waals surface area contributed by atoms with Crippen LogP contribution in [0.2, 0.25) is 0 Å². The van der Waals surface area contributed by atoms with Crippen LogP contribution in [-0.2, 0) is 11.4 Å². The van der Waals surface area contributed by atoms with E-state index >= 15 is 0 Å². The van der Waals surface area contributed by atoms with Gasteiger partial charge in [0.1, 0.15) is 0 Å². The van der Waals surface area contributed by atoms with E-state index in [0.29, 0.717) is 5.56 Å². The van der Waals surface area contributed by atoms with Crippen LogP contribution in [0.3, 0.4) is 0 Å². The Morgan fingerprint density at radius 3 is 3.00 bits per heavy atom. The van der Waals surface area contributed by atoms with Crippen molar-refractivity contribution in [3.05, 3.63) is 23.9 Å². The second kappa shape index (κ2) is 4.42. The highest BCUT2D eigenvalue weighted by Crippen LogP contribution is 2.13. The number of aromatic nitrogens is 1. The standard InChI is InChI=1S/C8H9NO4/c10-4-6-2-1-3-9-8(6)13-5-7(11)12/h1-3,10H,4-5H2,(H,11,12). The van der Waals surface area contributed by atoms with Crippen LogP contribution in [0.4, 0.5) is 0 Å². The van der Waals surface area contributed by atoms with Crippen molar-refractivity contribution in [3.8, 4) is 5.88 Å². The molecule has 0 aliphatic carbocycles. The summed E-state index contributed by atoms with van der Waals surface area (Å²) in [5.74, 6) is -0.915. The number of ether oxygens (including phenoxy) is 1.